The smallest absolute Gasteiger partial charge is 0.305 e. The lowest BCUT2D eigenvalue weighted by molar-refractivity contribution is -0.137. The number of nitrogens with one attached hydrogen (secondary N) is 1. The van der Waals surface area contributed by atoms with Crippen molar-refractivity contribution >= 4 is 28.5 Å². The highest BCUT2D eigenvalue weighted by atomic mass is 16.4. The number of rotatable bonds is 17. The fourth-order valence-corrected chi connectivity index (χ4v) is 5.59. The molecule has 0 bridgehead atoms. The zero-order chi connectivity index (χ0) is 29.1. The molecule has 218 valence electrons. The first-order chi connectivity index (χ1) is 19.3. The Labute approximate surface area is 240 Å². The normalized spacial score (nSPS) is 12.9. The molecule has 7 nitrogen and oxygen atoms in total. The number of unbranched alkanes of at least 4 members (excludes halogenated alkanes) is 2. The van der Waals surface area contributed by atoms with Crippen LogP contribution in [0.25, 0.3) is 10.9 Å². The van der Waals surface area contributed by atoms with Crippen LogP contribution in [0.15, 0.2) is 48.5 Å². The zero-order valence-corrected chi connectivity index (χ0v) is 25.0. The summed E-state index contributed by atoms with van der Waals surface area (Å²) in [5, 5.41) is 19.3. The summed E-state index contributed by atoms with van der Waals surface area (Å²) in [6, 6.07) is 16.5. The largest absolute Gasteiger partial charge is 0.481 e. The first kappa shape index (κ1) is 31.2. The Morgan fingerprint density at radius 2 is 1.62 bits per heavy atom. The first-order valence-electron chi connectivity index (χ1n) is 15.1. The van der Waals surface area contributed by atoms with E-state index in [0.717, 1.165) is 43.5 Å². The Morgan fingerprint density at radius 3 is 2.25 bits per heavy atom. The average Bonchev–Trinajstić information content (AvgIpc) is 3.34. The fraction of sp³-hybridized carbons (Fsp3) is 0.545. The number of carboxylic acids is 1. The molecule has 0 fully saturated rings. The molecule has 2 unspecified atom stereocenters. The Morgan fingerprint density at radius 1 is 0.950 bits per heavy atom. The van der Waals surface area contributed by atoms with Crippen LogP contribution >= 0.6 is 0 Å². The molecule has 0 spiro atoms. The predicted molar refractivity (Wildman–Crippen MR) is 164 cm³/mol. The topological polar surface area (TPSA) is 87.5 Å². The van der Waals surface area contributed by atoms with E-state index in [2.05, 4.69) is 62.0 Å². The van der Waals surface area contributed by atoms with E-state index in [1.165, 1.54) is 35.1 Å². The van der Waals surface area contributed by atoms with E-state index in [4.69, 9.17) is 10.2 Å². The number of fused-ring (bicyclic) bond motifs is 1. The van der Waals surface area contributed by atoms with Gasteiger partial charge in [-0.1, -0.05) is 71.1 Å². The molecule has 0 saturated heterocycles. The summed E-state index contributed by atoms with van der Waals surface area (Å²) in [7, 11) is 1.64. The van der Waals surface area contributed by atoms with E-state index >= 15 is 0 Å². The number of nitrogens with zero attached hydrogens (tertiary/aromatic N) is 3. The molecule has 0 aliphatic heterocycles. The molecule has 0 saturated carbocycles. The average molecular weight is 549 g/mol. The SMILES string of the molecule is CCCCCC(C)n1nc(C(Nc2ccc(C(=O)N(C)CCC(=O)O)cc2)C(CCC)CCC)c2ccccc21. The summed E-state index contributed by atoms with van der Waals surface area (Å²) < 4.78 is 2.23. The Kier molecular flexibility index (Phi) is 12.0. The van der Waals surface area contributed by atoms with Gasteiger partial charge in [0.15, 0.2) is 0 Å². The van der Waals surface area contributed by atoms with Crippen LogP contribution < -0.4 is 5.32 Å². The van der Waals surface area contributed by atoms with Crippen molar-refractivity contribution in [3.05, 3.63) is 59.8 Å². The minimum atomic E-state index is -0.913. The number of aliphatic carboxylic acids is 1. The van der Waals surface area contributed by atoms with E-state index in [-0.39, 0.29) is 24.9 Å². The second kappa shape index (κ2) is 15.4. The maximum atomic E-state index is 12.8. The first-order valence-corrected chi connectivity index (χ1v) is 15.1. The molecule has 0 aliphatic rings. The molecule has 1 aromatic heterocycles. The van der Waals surface area contributed by atoms with Gasteiger partial charge in [0.25, 0.3) is 5.91 Å². The van der Waals surface area contributed by atoms with Gasteiger partial charge in [0.05, 0.1) is 23.7 Å². The van der Waals surface area contributed by atoms with Crippen LogP contribution in [0.4, 0.5) is 5.69 Å². The van der Waals surface area contributed by atoms with Gasteiger partial charge in [0.1, 0.15) is 0 Å². The number of benzene rings is 2. The van der Waals surface area contributed by atoms with E-state index in [9.17, 15) is 9.59 Å². The Balaban J connectivity index is 1.94. The summed E-state index contributed by atoms with van der Waals surface area (Å²) in [6.07, 6.45) is 9.10. The van der Waals surface area contributed by atoms with Crippen molar-refractivity contribution in [1.29, 1.82) is 0 Å². The van der Waals surface area contributed by atoms with Gasteiger partial charge < -0.3 is 15.3 Å². The lowest BCUT2D eigenvalue weighted by atomic mass is 9.87. The van der Waals surface area contributed by atoms with Crippen molar-refractivity contribution in [2.45, 2.75) is 97.6 Å². The van der Waals surface area contributed by atoms with Gasteiger partial charge in [-0.3, -0.25) is 14.3 Å². The summed E-state index contributed by atoms with van der Waals surface area (Å²) in [5.74, 6) is -0.675. The number of amides is 1. The fourth-order valence-electron chi connectivity index (χ4n) is 5.59. The molecule has 2 aromatic carbocycles. The number of aromatic nitrogens is 2. The van der Waals surface area contributed by atoms with Crippen LogP contribution in [-0.4, -0.2) is 45.3 Å². The van der Waals surface area contributed by atoms with Crippen LogP contribution in [0.5, 0.6) is 0 Å². The van der Waals surface area contributed by atoms with E-state index in [1.807, 2.05) is 24.3 Å². The summed E-state index contributed by atoms with van der Waals surface area (Å²) in [6.45, 7) is 9.18. The minimum Gasteiger partial charge on any atom is -0.481 e. The van der Waals surface area contributed by atoms with E-state index in [0.29, 0.717) is 17.5 Å². The molecule has 2 atom stereocenters. The third kappa shape index (κ3) is 8.09. The molecule has 2 N–H and O–H groups in total. The van der Waals surface area contributed by atoms with Gasteiger partial charge in [0, 0.05) is 36.3 Å². The van der Waals surface area contributed by atoms with Crippen LogP contribution in [0.1, 0.15) is 114 Å². The molecule has 1 heterocycles. The minimum absolute atomic E-state index is 0.0358. The molecule has 40 heavy (non-hydrogen) atoms. The zero-order valence-electron chi connectivity index (χ0n) is 25.0. The second-order valence-corrected chi connectivity index (χ2v) is 11.1. The predicted octanol–water partition coefficient (Wildman–Crippen LogP) is 8.09. The Bertz CT molecular complexity index is 1210. The van der Waals surface area contributed by atoms with Crippen molar-refractivity contribution in [3.8, 4) is 0 Å². The molecule has 0 radical (unpaired) electrons. The summed E-state index contributed by atoms with van der Waals surface area (Å²) in [4.78, 5) is 25.2. The summed E-state index contributed by atoms with van der Waals surface area (Å²) in [5.41, 5.74) is 3.77. The lowest BCUT2D eigenvalue weighted by Crippen LogP contribution is -2.29. The monoisotopic (exact) mass is 548 g/mol. The highest BCUT2D eigenvalue weighted by molar-refractivity contribution is 5.94. The third-order valence-corrected chi connectivity index (χ3v) is 7.83. The van der Waals surface area contributed by atoms with Crippen LogP contribution in [0.2, 0.25) is 0 Å². The van der Waals surface area contributed by atoms with Crippen LogP contribution in [0, 0.1) is 5.92 Å². The molecule has 0 aliphatic carbocycles. The quantitative estimate of drug-likeness (QED) is 0.166. The molecular weight excluding hydrogens is 500 g/mol. The van der Waals surface area contributed by atoms with E-state index < -0.39 is 5.97 Å². The molecule has 7 heteroatoms. The van der Waals surface area contributed by atoms with Crippen LogP contribution in [0.3, 0.4) is 0 Å². The highest BCUT2D eigenvalue weighted by Crippen LogP contribution is 2.37. The van der Waals surface area contributed by atoms with Crippen molar-refractivity contribution in [3.63, 3.8) is 0 Å². The third-order valence-electron chi connectivity index (χ3n) is 7.83. The molecule has 1 amide bonds. The number of carbonyl (C=O) groups excluding carboxylic acids is 1. The molecular formula is C33H48N4O3. The number of hydrogen-bond donors (Lipinski definition) is 2. The van der Waals surface area contributed by atoms with E-state index in [1.54, 1.807) is 7.05 Å². The second-order valence-electron chi connectivity index (χ2n) is 11.1. The molecule has 3 rings (SSSR count). The standard InChI is InChI=1S/C33H48N4O3/c1-6-9-10-15-24(4)37-29-17-12-11-16-28(29)32(35-37)31(25(13-7-2)14-8-3)34-27-20-18-26(19-21-27)33(40)36(5)23-22-30(38)39/h11-12,16-21,24-25,31,34H,6-10,13-15,22-23H2,1-5H3,(H,38,39). The van der Waals surface area contributed by atoms with Gasteiger partial charge in [-0.2, -0.15) is 5.10 Å². The number of anilines is 1. The van der Waals surface area contributed by atoms with Gasteiger partial charge >= 0.3 is 5.97 Å². The number of hydrogen-bond acceptors (Lipinski definition) is 4. The highest BCUT2D eigenvalue weighted by Gasteiger charge is 2.28. The molecule has 3 aromatic rings. The maximum Gasteiger partial charge on any atom is 0.305 e. The van der Waals surface area contributed by atoms with Crippen molar-refractivity contribution < 1.29 is 14.7 Å². The van der Waals surface area contributed by atoms with Gasteiger partial charge in [-0.15, -0.1) is 0 Å². The number of carboxylic acid groups (broad SMARTS) is 1. The van der Waals surface area contributed by atoms with Crippen molar-refractivity contribution in [2.75, 3.05) is 18.9 Å². The Hall–Kier alpha value is -3.35. The van der Waals surface area contributed by atoms with Crippen molar-refractivity contribution in [1.82, 2.24) is 14.7 Å². The van der Waals surface area contributed by atoms with Crippen LogP contribution in [-0.2, 0) is 4.79 Å². The lowest BCUT2D eigenvalue weighted by Gasteiger charge is -2.28. The number of carbonyl (C=O) groups is 2. The maximum absolute atomic E-state index is 12.8. The number of para-hydroxylation sites is 1. The summed E-state index contributed by atoms with van der Waals surface area (Å²) >= 11 is 0. The van der Waals surface area contributed by atoms with Crippen molar-refractivity contribution in [2.24, 2.45) is 5.92 Å². The van der Waals surface area contributed by atoms with Gasteiger partial charge in [0.2, 0.25) is 0 Å². The van der Waals surface area contributed by atoms with Gasteiger partial charge in [-0.05, 0) is 62.4 Å². The van der Waals surface area contributed by atoms with Gasteiger partial charge in [-0.25, -0.2) is 0 Å².